The fourth-order valence-electron chi connectivity index (χ4n) is 3.62. The molecular formula is C20H23N3O3S. The Kier molecular flexibility index (Phi) is 4.86. The van der Waals surface area contributed by atoms with Gasteiger partial charge in [-0.2, -0.15) is 0 Å². The number of carbonyl (C=O) groups is 1. The van der Waals surface area contributed by atoms with Crippen molar-refractivity contribution in [1.82, 2.24) is 14.9 Å². The highest BCUT2D eigenvalue weighted by molar-refractivity contribution is 7.20. The van der Waals surface area contributed by atoms with Crippen molar-refractivity contribution in [1.29, 1.82) is 0 Å². The number of hydrogen-bond donors (Lipinski definition) is 1. The van der Waals surface area contributed by atoms with Crippen molar-refractivity contribution >= 4 is 27.5 Å². The summed E-state index contributed by atoms with van der Waals surface area (Å²) >= 11 is 1.32. The average Bonchev–Trinajstić information content (AvgIpc) is 3.28. The van der Waals surface area contributed by atoms with Crippen LogP contribution in [0.15, 0.2) is 27.6 Å². The number of aryl methyl sites for hydroxylation is 3. The smallest absolute Gasteiger partial charge is 0.262 e. The van der Waals surface area contributed by atoms with Crippen molar-refractivity contribution in [3.8, 4) is 0 Å². The van der Waals surface area contributed by atoms with Crippen LogP contribution in [0.3, 0.4) is 0 Å². The van der Waals surface area contributed by atoms with Gasteiger partial charge in [0, 0.05) is 25.4 Å². The first-order chi connectivity index (χ1) is 13.0. The summed E-state index contributed by atoms with van der Waals surface area (Å²) in [4.78, 5) is 31.6. The Balaban J connectivity index is 1.56. The molecule has 6 nitrogen and oxygen atoms in total. The number of hydrogen-bond acceptors (Lipinski definition) is 5. The predicted molar refractivity (Wildman–Crippen MR) is 106 cm³/mol. The summed E-state index contributed by atoms with van der Waals surface area (Å²) in [5, 5.41) is 3.64. The molecule has 1 atom stereocenters. The van der Waals surface area contributed by atoms with E-state index in [-0.39, 0.29) is 17.5 Å². The van der Waals surface area contributed by atoms with E-state index < -0.39 is 0 Å². The van der Waals surface area contributed by atoms with Gasteiger partial charge in [0.2, 0.25) is 0 Å². The fourth-order valence-corrected chi connectivity index (χ4v) is 4.72. The maximum atomic E-state index is 12.9. The third kappa shape index (κ3) is 3.43. The largest absolute Gasteiger partial charge is 0.469 e. The van der Waals surface area contributed by atoms with E-state index in [0.29, 0.717) is 15.1 Å². The molecule has 142 valence electrons. The molecular weight excluding hydrogens is 362 g/mol. The van der Waals surface area contributed by atoms with Gasteiger partial charge in [0.15, 0.2) is 0 Å². The molecule has 0 spiro atoms. The number of nitrogens with one attached hydrogen (secondary N) is 1. The number of fused-ring (bicyclic) bond motifs is 2. The van der Waals surface area contributed by atoms with E-state index in [1.165, 1.54) is 11.3 Å². The van der Waals surface area contributed by atoms with Crippen LogP contribution in [0.2, 0.25) is 0 Å². The zero-order valence-corrected chi connectivity index (χ0v) is 16.4. The Morgan fingerprint density at radius 1 is 1.44 bits per heavy atom. The van der Waals surface area contributed by atoms with E-state index in [9.17, 15) is 9.59 Å². The minimum Gasteiger partial charge on any atom is -0.469 e. The lowest BCUT2D eigenvalue weighted by Gasteiger charge is -2.16. The molecule has 7 heteroatoms. The van der Waals surface area contributed by atoms with Crippen LogP contribution in [0.4, 0.5) is 0 Å². The van der Waals surface area contributed by atoms with Gasteiger partial charge < -0.3 is 9.73 Å². The Hall–Kier alpha value is -2.41. The summed E-state index contributed by atoms with van der Waals surface area (Å²) in [5.41, 5.74) is 0.734. The zero-order chi connectivity index (χ0) is 19.0. The third-order valence-electron chi connectivity index (χ3n) is 5.15. The minimum atomic E-state index is -0.134. The van der Waals surface area contributed by atoms with Gasteiger partial charge in [-0.05, 0) is 50.8 Å². The molecule has 0 aliphatic carbocycles. The Morgan fingerprint density at radius 2 is 2.30 bits per heavy atom. The van der Waals surface area contributed by atoms with Crippen LogP contribution < -0.4 is 10.9 Å². The second-order valence-corrected chi connectivity index (χ2v) is 8.17. The number of rotatable bonds is 5. The van der Waals surface area contributed by atoms with Crippen LogP contribution in [0.5, 0.6) is 0 Å². The van der Waals surface area contributed by atoms with Gasteiger partial charge in [-0.3, -0.25) is 14.2 Å². The Bertz CT molecular complexity index is 1030. The van der Waals surface area contributed by atoms with Gasteiger partial charge in [0.05, 0.1) is 16.5 Å². The summed E-state index contributed by atoms with van der Waals surface area (Å²) in [7, 11) is 0. The Morgan fingerprint density at radius 3 is 3.07 bits per heavy atom. The molecule has 0 saturated carbocycles. The summed E-state index contributed by atoms with van der Waals surface area (Å²) in [5.74, 6) is 1.63. The molecule has 27 heavy (non-hydrogen) atoms. The van der Waals surface area contributed by atoms with Crippen molar-refractivity contribution in [2.75, 3.05) is 0 Å². The van der Waals surface area contributed by atoms with Crippen LogP contribution in [0.25, 0.3) is 10.2 Å². The second-order valence-electron chi connectivity index (χ2n) is 7.17. The summed E-state index contributed by atoms with van der Waals surface area (Å²) in [6, 6.07) is 3.81. The van der Waals surface area contributed by atoms with Gasteiger partial charge in [0.1, 0.15) is 16.4 Å². The van der Waals surface area contributed by atoms with E-state index in [1.54, 1.807) is 10.8 Å². The number of furan rings is 1. The first-order valence-corrected chi connectivity index (χ1v) is 10.2. The quantitative estimate of drug-likeness (QED) is 0.730. The molecule has 1 N–H and O–H groups in total. The normalized spacial score (nSPS) is 14.9. The lowest BCUT2D eigenvalue weighted by molar-refractivity contribution is 0.0941. The molecule has 3 aromatic heterocycles. The van der Waals surface area contributed by atoms with E-state index in [1.807, 2.05) is 26.0 Å². The van der Waals surface area contributed by atoms with Crippen molar-refractivity contribution in [2.45, 2.75) is 58.5 Å². The van der Waals surface area contributed by atoms with Gasteiger partial charge in [-0.15, -0.1) is 11.3 Å². The molecule has 0 radical (unpaired) electrons. The molecule has 1 aliphatic rings. The van der Waals surface area contributed by atoms with Crippen molar-refractivity contribution in [3.63, 3.8) is 0 Å². The summed E-state index contributed by atoms with van der Waals surface area (Å²) in [6.45, 7) is 4.55. The van der Waals surface area contributed by atoms with Gasteiger partial charge in [0.25, 0.3) is 11.5 Å². The van der Waals surface area contributed by atoms with Gasteiger partial charge >= 0.3 is 0 Å². The van der Waals surface area contributed by atoms with E-state index in [4.69, 9.17) is 4.42 Å². The van der Waals surface area contributed by atoms with Gasteiger partial charge in [-0.1, -0.05) is 0 Å². The number of amides is 1. The SMILES string of the molecule is Cc1c(C(=O)N[C@@H](C)CCc2ccco2)sc2nc3n(c(=O)c12)CCCC3. The first-order valence-electron chi connectivity index (χ1n) is 9.40. The molecule has 4 rings (SSSR count). The number of nitrogens with zero attached hydrogens (tertiary/aromatic N) is 2. The van der Waals surface area contributed by atoms with Crippen molar-refractivity contribution in [2.24, 2.45) is 0 Å². The van der Waals surface area contributed by atoms with Crippen LogP contribution in [-0.2, 0) is 19.4 Å². The van der Waals surface area contributed by atoms with Crippen LogP contribution >= 0.6 is 11.3 Å². The minimum absolute atomic E-state index is 0.00614. The Labute approximate surface area is 161 Å². The van der Waals surface area contributed by atoms with Gasteiger partial charge in [-0.25, -0.2) is 4.98 Å². The van der Waals surface area contributed by atoms with Crippen LogP contribution in [0, 0.1) is 6.92 Å². The number of thiophene rings is 1. The zero-order valence-electron chi connectivity index (χ0n) is 15.6. The topological polar surface area (TPSA) is 77.1 Å². The maximum absolute atomic E-state index is 12.9. The maximum Gasteiger partial charge on any atom is 0.262 e. The van der Waals surface area contributed by atoms with Crippen molar-refractivity contribution in [3.05, 3.63) is 50.8 Å². The fraction of sp³-hybridized carbons (Fsp3) is 0.450. The number of aromatic nitrogens is 2. The molecule has 0 saturated heterocycles. The lowest BCUT2D eigenvalue weighted by Crippen LogP contribution is -2.32. The van der Waals surface area contributed by atoms with E-state index >= 15 is 0 Å². The predicted octanol–water partition coefficient (Wildman–Crippen LogP) is 3.45. The molecule has 0 unspecified atom stereocenters. The molecule has 0 bridgehead atoms. The summed E-state index contributed by atoms with van der Waals surface area (Å²) < 4.78 is 7.12. The lowest BCUT2D eigenvalue weighted by atomic mass is 10.1. The van der Waals surface area contributed by atoms with Crippen molar-refractivity contribution < 1.29 is 9.21 Å². The molecule has 0 aromatic carbocycles. The van der Waals surface area contributed by atoms with E-state index in [0.717, 1.165) is 55.8 Å². The molecule has 1 amide bonds. The molecule has 1 aliphatic heterocycles. The third-order valence-corrected chi connectivity index (χ3v) is 6.33. The second kappa shape index (κ2) is 7.31. The standard InChI is InChI=1S/C20H23N3O3S/c1-12(8-9-14-6-5-11-26-14)21-18(24)17-13(2)16-19(27-17)22-15-7-3-4-10-23(15)20(16)25/h5-6,11-12H,3-4,7-10H2,1-2H3,(H,21,24)/t12-/m0/s1. The highest BCUT2D eigenvalue weighted by atomic mass is 32.1. The monoisotopic (exact) mass is 385 g/mol. The average molecular weight is 385 g/mol. The van der Waals surface area contributed by atoms with E-state index in [2.05, 4.69) is 10.3 Å². The molecule has 4 heterocycles. The molecule has 3 aromatic rings. The highest BCUT2D eigenvalue weighted by Crippen LogP contribution is 2.28. The molecule has 0 fully saturated rings. The highest BCUT2D eigenvalue weighted by Gasteiger charge is 2.23. The number of carbonyl (C=O) groups excluding carboxylic acids is 1. The summed E-state index contributed by atoms with van der Waals surface area (Å²) in [6.07, 6.45) is 6.11. The van der Waals surface area contributed by atoms with Crippen LogP contribution in [-0.4, -0.2) is 21.5 Å². The van der Waals surface area contributed by atoms with Crippen LogP contribution in [0.1, 0.15) is 53.0 Å². The first kappa shape index (κ1) is 18.0.